The highest BCUT2D eigenvalue weighted by Gasteiger charge is 2.12. The van der Waals surface area contributed by atoms with Crippen molar-refractivity contribution in [2.45, 2.75) is 6.10 Å². The SMILES string of the molecule is O=C(NC[C@@H](O)CO)c1cccc([N+](=O)[O-])c1. The van der Waals surface area contributed by atoms with E-state index >= 15 is 0 Å². The van der Waals surface area contributed by atoms with Crippen LogP contribution in [0.2, 0.25) is 0 Å². The molecule has 0 unspecified atom stereocenters. The van der Waals surface area contributed by atoms with Crippen molar-refractivity contribution in [3.8, 4) is 0 Å². The fraction of sp³-hybridized carbons (Fsp3) is 0.300. The summed E-state index contributed by atoms with van der Waals surface area (Å²) < 4.78 is 0. The molecule has 0 bridgehead atoms. The second-order valence-electron chi connectivity index (χ2n) is 3.35. The maximum absolute atomic E-state index is 11.5. The van der Waals surface area contributed by atoms with E-state index in [1.165, 1.54) is 18.2 Å². The fourth-order valence-electron chi connectivity index (χ4n) is 1.14. The number of carbonyl (C=O) groups excluding carboxylic acids is 1. The zero-order valence-corrected chi connectivity index (χ0v) is 8.87. The Bertz CT molecular complexity index is 421. The van der Waals surface area contributed by atoms with E-state index in [-0.39, 0.29) is 17.8 Å². The van der Waals surface area contributed by atoms with E-state index < -0.39 is 23.5 Å². The van der Waals surface area contributed by atoms with Gasteiger partial charge in [-0.25, -0.2) is 0 Å². The number of nitro groups is 1. The minimum absolute atomic E-state index is 0.113. The lowest BCUT2D eigenvalue weighted by Crippen LogP contribution is -2.33. The zero-order valence-electron chi connectivity index (χ0n) is 8.87. The molecular formula is C10H12N2O5. The van der Waals surface area contributed by atoms with Gasteiger partial charge in [0.25, 0.3) is 11.6 Å². The number of benzene rings is 1. The van der Waals surface area contributed by atoms with Crippen molar-refractivity contribution < 1.29 is 19.9 Å². The number of nitrogens with one attached hydrogen (secondary N) is 1. The molecule has 0 heterocycles. The van der Waals surface area contributed by atoms with Crippen molar-refractivity contribution >= 4 is 11.6 Å². The summed E-state index contributed by atoms with van der Waals surface area (Å²) in [6.45, 7) is -0.576. The van der Waals surface area contributed by atoms with Gasteiger partial charge in [-0.15, -0.1) is 0 Å². The van der Waals surface area contributed by atoms with Gasteiger partial charge in [0, 0.05) is 24.2 Å². The predicted molar refractivity (Wildman–Crippen MR) is 58.5 cm³/mol. The van der Waals surface area contributed by atoms with Gasteiger partial charge >= 0.3 is 0 Å². The molecule has 0 saturated heterocycles. The number of carbonyl (C=O) groups is 1. The molecule has 3 N–H and O–H groups in total. The largest absolute Gasteiger partial charge is 0.394 e. The Balaban J connectivity index is 2.69. The van der Waals surface area contributed by atoms with Gasteiger partial charge in [-0.3, -0.25) is 14.9 Å². The molecule has 0 radical (unpaired) electrons. The van der Waals surface area contributed by atoms with Gasteiger partial charge in [0.1, 0.15) is 0 Å². The maximum Gasteiger partial charge on any atom is 0.270 e. The summed E-state index contributed by atoms with van der Waals surface area (Å²) in [5, 5.41) is 30.4. The Labute approximate surface area is 96.8 Å². The van der Waals surface area contributed by atoms with Crippen molar-refractivity contribution in [3.05, 3.63) is 39.9 Å². The fourth-order valence-corrected chi connectivity index (χ4v) is 1.14. The normalized spacial score (nSPS) is 11.9. The third kappa shape index (κ3) is 3.82. The molecule has 1 aromatic carbocycles. The van der Waals surface area contributed by atoms with Crippen LogP contribution in [-0.2, 0) is 0 Å². The van der Waals surface area contributed by atoms with E-state index in [9.17, 15) is 14.9 Å². The molecule has 0 aromatic heterocycles. The molecule has 1 aromatic rings. The summed E-state index contributed by atoms with van der Waals surface area (Å²) in [7, 11) is 0. The van der Waals surface area contributed by atoms with Crippen LogP contribution in [0, 0.1) is 10.1 Å². The number of aliphatic hydroxyl groups excluding tert-OH is 2. The van der Waals surface area contributed by atoms with Crippen LogP contribution in [0.1, 0.15) is 10.4 Å². The number of nitrogens with zero attached hydrogens (tertiary/aromatic N) is 1. The molecule has 0 aliphatic heterocycles. The number of nitro benzene ring substituents is 1. The molecule has 0 aliphatic carbocycles. The highest BCUT2D eigenvalue weighted by Crippen LogP contribution is 2.12. The number of rotatable bonds is 5. The lowest BCUT2D eigenvalue weighted by molar-refractivity contribution is -0.384. The molecule has 7 nitrogen and oxygen atoms in total. The van der Waals surface area contributed by atoms with Crippen molar-refractivity contribution in [3.63, 3.8) is 0 Å². The maximum atomic E-state index is 11.5. The summed E-state index contributed by atoms with van der Waals surface area (Å²) in [6.07, 6.45) is -1.04. The second-order valence-corrected chi connectivity index (χ2v) is 3.35. The number of hydrogen-bond acceptors (Lipinski definition) is 5. The topological polar surface area (TPSA) is 113 Å². The summed E-state index contributed by atoms with van der Waals surface area (Å²) in [5.41, 5.74) is -0.0512. The van der Waals surface area contributed by atoms with Gasteiger partial charge in [0.15, 0.2) is 0 Å². The summed E-state index contributed by atoms with van der Waals surface area (Å²) in [5.74, 6) is -0.541. The lowest BCUT2D eigenvalue weighted by Gasteiger charge is -2.08. The summed E-state index contributed by atoms with van der Waals surface area (Å²) in [6, 6.07) is 5.24. The van der Waals surface area contributed by atoms with Gasteiger partial charge < -0.3 is 15.5 Å². The van der Waals surface area contributed by atoms with Gasteiger partial charge in [-0.05, 0) is 6.07 Å². The molecule has 0 saturated carbocycles. The zero-order chi connectivity index (χ0) is 12.8. The molecule has 0 fully saturated rings. The van der Waals surface area contributed by atoms with Crippen molar-refractivity contribution in [1.82, 2.24) is 5.32 Å². The van der Waals surface area contributed by atoms with Crippen LogP contribution >= 0.6 is 0 Å². The molecule has 0 aliphatic rings. The molecule has 1 atom stereocenters. The monoisotopic (exact) mass is 240 g/mol. The molecule has 7 heteroatoms. The Kier molecular flexibility index (Phi) is 4.56. The second kappa shape index (κ2) is 5.92. The quantitative estimate of drug-likeness (QED) is 0.482. The third-order valence-corrected chi connectivity index (χ3v) is 2.03. The van der Waals surface area contributed by atoms with Crippen LogP contribution in [0.3, 0.4) is 0 Å². The van der Waals surface area contributed by atoms with Crippen molar-refractivity contribution in [2.75, 3.05) is 13.2 Å². The highest BCUT2D eigenvalue weighted by atomic mass is 16.6. The first-order valence-corrected chi connectivity index (χ1v) is 4.86. The minimum atomic E-state index is -1.04. The average Bonchev–Trinajstić information content (AvgIpc) is 2.35. The standard InChI is InChI=1S/C10H12N2O5/c13-6-9(14)5-11-10(15)7-2-1-3-8(4-7)12(16)17/h1-4,9,13-14H,5-6H2,(H,11,15)/t9-/m1/s1. The predicted octanol–water partition coefficient (Wildman–Crippen LogP) is -0.322. The van der Waals surface area contributed by atoms with E-state index in [2.05, 4.69) is 5.32 Å². The molecular weight excluding hydrogens is 228 g/mol. The lowest BCUT2D eigenvalue weighted by atomic mass is 10.2. The highest BCUT2D eigenvalue weighted by molar-refractivity contribution is 5.94. The Morgan fingerprint density at radius 2 is 2.24 bits per heavy atom. The molecule has 92 valence electrons. The van der Waals surface area contributed by atoms with Crippen LogP contribution in [0.4, 0.5) is 5.69 Å². The van der Waals surface area contributed by atoms with Gasteiger partial charge in [-0.1, -0.05) is 6.07 Å². The smallest absolute Gasteiger partial charge is 0.270 e. The van der Waals surface area contributed by atoms with E-state index in [0.29, 0.717) is 0 Å². The van der Waals surface area contributed by atoms with E-state index in [0.717, 1.165) is 6.07 Å². The number of amides is 1. The minimum Gasteiger partial charge on any atom is -0.394 e. The number of non-ortho nitro benzene ring substituents is 1. The summed E-state index contributed by atoms with van der Waals surface area (Å²) in [4.78, 5) is 21.4. The van der Waals surface area contributed by atoms with Crippen LogP contribution < -0.4 is 5.32 Å². The number of aliphatic hydroxyl groups is 2. The first kappa shape index (κ1) is 13.1. The first-order chi connectivity index (χ1) is 8.04. The van der Waals surface area contributed by atoms with Crippen LogP contribution in [-0.4, -0.2) is 40.3 Å². The van der Waals surface area contributed by atoms with E-state index in [4.69, 9.17) is 10.2 Å². The van der Waals surface area contributed by atoms with Crippen LogP contribution in [0.25, 0.3) is 0 Å². The third-order valence-electron chi connectivity index (χ3n) is 2.03. The first-order valence-electron chi connectivity index (χ1n) is 4.86. The van der Waals surface area contributed by atoms with Crippen molar-refractivity contribution in [1.29, 1.82) is 0 Å². The van der Waals surface area contributed by atoms with Crippen LogP contribution in [0.5, 0.6) is 0 Å². The number of hydrogen-bond donors (Lipinski definition) is 3. The average molecular weight is 240 g/mol. The van der Waals surface area contributed by atoms with E-state index in [1.54, 1.807) is 0 Å². The summed E-state index contributed by atoms with van der Waals surface area (Å²) >= 11 is 0. The van der Waals surface area contributed by atoms with Gasteiger partial charge in [0.05, 0.1) is 17.6 Å². The Morgan fingerprint density at radius 1 is 1.53 bits per heavy atom. The van der Waals surface area contributed by atoms with Gasteiger partial charge in [0.2, 0.25) is 0 Å². The Hall–Kier alpha value is -1.99. The molecule has 17 heavy (non-hydrogen) atoms. The molecule has 1 rings (SSSR count). The molecule has 1 amide bonds. The van der Waals surface area contributed by atoms with E-state index in [1.807, 2.05) is 0 Å². The molecule has 0 spiro atoms. The Morgan fingerprint density at radius 3 is 2.82 bits per heavy atom. The van der Waals surface area contributed by atoms with Gasteiger partial charge in [-0.2, -0.15) is 0 Å². The van der Waals surface area contributed by atoms with Crippen molar-refractivity contribution in [2.24, 2.45) is 0 Å². The van der Waals surface area contributed by atoms with Crippen LogP contribution in [0.15, 0.2) is 24.3 Å².